The molecule has 1 saturated carbocycles. The van der Waals surface area contributed by atoms with E-state index in [1.54, 1.807) is 0 Å². The Morgan fingerprint density at radius 1 is 1.00 bits per heavy atom. The van der Waals surface area contributed by atoms with Crippen LogP contribution in [0.5, 0.6) is 0 Å². The van der Waals surface area contributed by atoms with Gasteiger partial charge in [0.15, 0.2) is 5.96 Å². The Labute approximate surface area is 159 Å². The second kappa shape index (κ2) is 9.44. The van der Waals surface area contributed by atoms with Crippen molar-refractivity contribution in [3.63, 3.8) is 0 Å². The molecule has 0 unspecified atom stereocenters. The predicted octanol–water partition coefficient (Wildman–Crippen LogP) is 3.32. The van der Waals surface area contributed by atoms with Crippen molar-refractivity contribution in [1.82, 2.24) is 15.1 Å². The van der Waals surface area contributed by atoms with E-state index in [1.807, 2.05) is 7.05 Å². The van der Waals surface area contributed by atoms with E-state index >= 15 is 0 Å². The van der Waals surface area contributed by atoms with Gasteiger partial charge < -0.3 is 15.1 Å². The largest absolute Gasteiger partial charge is 0.356 e. The summed E-state index contributed by atoms with van der Waals surface area (Å²) in [5.74, 6) is 1.14. The van der Waals surface area contributed by atoms with Gasteiger partial charge >= 0.3 is 0 Å². The zero-order valence-electron chi connectivity index (χ0n) is 14.9. The minimum Gasteiger partial charge on any atom is -0.356 e. The van der Waals surface area contributed by atoms with Crippen LogP contribution in [0.1, 0.15) is 57.8 Å². The van der Waals surface area contributed by atoms with Crippen molar-refractivity contribution in [2.45, 2.75) is 57.8 Å². The lowest BCUT2D eigenvalue weighted by molar-refractivity contribution is 0.203. The summed E-state index contributed by atoms with van der Waals surface area (Å²) in [5.41, 5.74) is 0.616. The number of nitrogens with zero attached hydrogens (tertiary/aromatic N) is 3. The lowest BCUT2D eigenvalue weighted by Gasteiger charge is -2.33. The van der Waals surface area contributed by atoms with E-state index in [1.165, 1.54) is 90.5 Å². The smallest absolute Gasteiger partial charge is 0.193 e. The van der Waals surface area contributed by atoms with E-state index in [4.69, 9.17) is 0 Å². The van der Waals surface area contributed by atoms with Crippen LogP contribution in [0.4, 0.5) is 0 Å². The fourth-order valence-corrected chi connectivity index (χ4v) is 4.67. The Kier molecular flexibility index (Phi) is 7.92. The maximum atomic E-state index is 4.54. The molecule has 1 N–H and O–H groups in total. The average Bonchev–Trinajstić information content (AvgIpc) is 3.19. The van der Waals surface area contributed by atoms with E-state index in [9.17, 15) is 0 Å². The summed E-state index contributed by atoms with van der Waals surface area (Å²) < 4.78 is 0. The first-order valence-electron chi connectivity index (χ1n) is 9.49. The highest BCUT2D eigenvalue weighted by Gasteiger charge is 2.39. The number of rotatable bonds is 4. The minimum atomic E-state index is 0. The van der Waals surface area contributed by atoms with Crippen LogP contribution in [-0.2, 0) is 0 Å². The van der Waals surface area contributed by atoms with Gasteiger partial charge in [-0.15, -0.1) is 24.0 Å². The van der Waals surface area contributed by atoms with Crippen LogP contribution >= 0.6 is 24.0 Å². The molecule has 0 aromatic rings. The van der Waals surface area contributed by atoms with Gasteiger partial charge in [-0.1, -0.05) is 19.3 Å². The first-order chi connectivity index (χ1) is 10.8. The highest BCUT2D eigenvalue weighted by molar-refractivity contribution is 14.0. The number of likely N-dealkylation sites (tertiary alicyclic amines) is 2. The fourth-order valence-electron chi connectivity index (χ4n) is 4.67. The quantitative estimate of drug-likeness (QED) is 0.319. The molecule has 5 heteroatoms. The number of guanidine groups is 1. The molecular formula is C18H35IN4. The molecular weight excluding hydrogens is 399 g/mol. The Hall–Kier alpha value is -0.0400. The van der Waals surface area contributed by atoms with Crippen molar-refractivity contribution >= 4 is 29.9 Å². The van der Waals surface area contributed by atoms with Crippen LogP contribution in [0.3, 0.4) is 0 Å². The van der Waals surface area contributed by atoms with Crippen molar-refractivity contribution < 1.29 is 0 Å². The molecule has 0 bridgehead atoms. The zero-order chi connectivity index (χ0) is 15.3. The molecule has 4 nitrogen and oxygen atoms in total. The molecule has 23 heavy (non-hydrogen) atoms. The van der Waals surface area contributed by atoms with Gasteiger partial charge in [0.2, 0.25) is 0 Å². The van der Waals surface area contributed by atoms with Gasteiger partial charge in [-0.3, -0.25) is 4.99 Å². The lowest BCUT2D eigenvalue weighted by Crippen LogP contribution is -2.42. The minimum absolute atomic E-state index is 0. The predicted molar refractivity (Wildman–Crippen MR) is 109 cm³/mol. The molecule has 0 aromatic carbocycles. The molecule has 3 fully saturated rings. The molecule has 0 radical (unpaired) electrons. The van der Waals surface area contributed by atoms with Gasteiger partial charge in [0.1, 0.15) is 0 Å². The van der Waals surface area contributed by atoms with Crippen molar-refractivity contribution in [1.29, 1.82) is 0 Å². The summed E-state index contributed by atoms with van der Waals surface area (Å²) >= 11 is 0. The van der Waals surface area contributed by atoms with E-state index in [2.05, 4.69) is 20.1 Å². The second-order valence-electron chi connectivity index (χ2n) is 7.61. The maximum Gasteiger partial charge on any atom is 0.193 e. The van der Waals surface area contributed by atoms with Crippen LogP contribution < -0.4 is 5.32 Å². The number of nitrogens with one attached hydrogen (secondary N) is 1. The van der Waals surface area contributed by atoms with Crippen LogP contribution in [-0.4, -0.2) is 62.1 Å². The Morgan fingerprint density at radius 2 is 1.74 bits per heavy atom. The first-order valence-corrected chi connectivity index (χ1v) is 9.49. The monoisotopic (exact) mass is 434 g/mol. The third kappa shape index (κ3) is 5.21. The van der Waals surface area contributed by atoms with Crippen molar-refractivity contribution in [2.24, 2.45) is 10.4 Å². The highest BCUT2D eigenvalue weighted by Crippen LogP contribution is 2.43. The summed E-state index contributed by atoms with van der Waals surface area (Å²) in [7, 11) is 1.94. The average molecular weight is 434 g/mol. The standard InChI is InChI=1S/C18H34N4.HI/c1-19-17(20-11-7-14-21-12-5-6-13-21)22-15-10-18(16-22)8-3-2-4-9-18;/h2-16H2,1H3,(H,19,20);1H. The summed E-state index contributed by atoms with van der Waals surface area (Å²) in [6.45, 7) is 7.36. The lowest BCUT2D eigenvalue weighted by atomic mass is 9.73. The zero-order valence-corrected chi connectivity index (χ0v) is 17.2. The number of hydrogen-bond acceptors (Lipinski definition) is 2. The van der Waals surface area contributed by atoms with Gasteiger partial charge in [-0.25, -0.2) is 0 Å². The maximum absolute atomic E-state index is 4.54. The molecule has 0 atom stereocenters. The van der Waals surface area contributed by atoms with Gasteiger partial charge in [0.05, 0.1) is 0 Å². The van der Waals surface area contributed by atoms with Gasteiger partial charge in [-0.05, 0) is 63.6 Å². The number of aliphatic imine (C=N–C) groups is 1. The van der Waals surface area contributed by atoms with E-state index < -0.39 is 0 Å². The van der Waals surface area contributed by atoms with E-state index in [0.717, 1.165) is 12.5 Å². The molecule has 2 aliphatic heterocycles. The summed E-state index contributed by atoms with van der Waals surface area (Å²) in [4.78, 5) is 9.64. The van der Waals surface area contributed by atoms with Crippen LogP contribution in [0, 0.1) is 5.41 Å². The summed E-state index contributed by atoms with van der Waals surface area (Å²) in [6, 6.07) is 0. The van der Waals surface area contributed by atoms with Crippen LogP contribution in [0.15, 0.2) is 4.99 Å². The first kappa shape index (κ1) is 19.3. The van der Waals surface area contributed by atoms with E-state index in [-0.39, 0.29) is 24.0 Å². The number of halogens is 1. The van der Waals surface area contributed by atoms with Gasteiger partial charge in [-0.2, -0.15) is 0 Å². The second-order valence-corrected chi connectivity index (χ2v) is 7.61. The topological polar surface area (TPSA) is 30.9 Å². The summed E-state index contributed by atoms with van der Waals surface area (Å²) in [5, 5.41) is 3.61. The molecule has 2 heterocycles. The van der Waals surface area contributed by atoms with Crippen LogP contribution in [0.2, 0.25) is 0 Å². The normalized spacial score (nSPS) is 24.9. The third-order valence-corrected chi connectivity index (χ3v) is 6.00. The summed E-state index contributed by atoms with van der Waals surface area (Å²) in [6.07, 6.45) is 12.6. The molecule has 3 rings (SSSR count). The molecule has 0 amide bonds. The van der Waals surface area contributed by atoms with Crippen molar-refractivity contribution in [2.75, 3.05) is 46.3 Å². The third-order valence-electron chi connectivity index (χ3n) is 6.00. The van der Waals surface area contributed by atoms with Gasteiger partial charge in [0.25, 0.3) is 0 Å². The highest BCUT2D eigenvalue weighted by atomic mass is 127. The van der Waals surface area contributed by atoms with E-state index in [0.29, 0.717) is 5.41 Å². The molecule has 1 aliphatic carbocycles. The molecule has 3 aliphatic rings. The Balaban J connectivity index is 0.00000192. The molecule has 134 valence electrons. The fraction of sp³-hybridized carbons (Fsp3) is 0.944. The van der Waals surface area contributed by atoms with Gasteiger partial charge in [0, 0.05) is 26.7 Å². The molecule has 1 spiro atoms. The SMILES string of the molecule is CN=C(NCCCN1CCCC1)N1CCC2(CCCCC2)C1.I. The Bertz CT molecular complexity index is 373. The number of hydrogen-bond donors (Lipinski definition) is 1. The van der Waals surface area contributed by atoms with Crippen molar-refractivity contribution in [3.8, 4) is 0 Å². The van der Waals surface area contributed by atoms with Crippen molar-refractivity contribution in [3.05, 3.63) is 0 Å². The van der Waals surface area contributed by atoms with Crippen LogP contribution in [0.25, 0.3) is 0 Å². The molecule has 2 saturated heterocycles. The Morgan fingerprint density at radius 3 is 2.43 bits per heavy atom. The molecule has 0 aromatic heterocycles.